The van der Waals surface area contributed by atoms with E-state index < -0.39 is 17.5 Å². The van der Waals surface area contributed by atoms with Gasteiger partial charge >= 0.3 is 0 Å². The monoisotopic (exact) mass is 279 g/mol. The van der Waals surface area contributed by atoms with Crippen molar-refractivity contribution >= 4 is 0 Å². The van der Waals surface area contributed by atoms with Crippen LogP contribution in [0.25, 0.3) is 11.1 Å². The van der Waals surface area contributed by atoms with Gasteiger partial charge < -0.3 is 5.32 Å². The molecule has 0 fully saturated rings. The molecule has 0 aromatic heterocycles. The van der Waals surface area contributed by atoms with Crippen molar-refractivity contribution < 1.29 is 13.2 Å². The second-order valence-electron chi connectivity index (χ2n) is 4.62. The Bertz CT molecular complexity index is 611. The number of benzene rings is 2. The molecule has 106 valence electrons. The first kappa shape index (κ1) is 14.6. The van der Waals surface area contributed by atoms with Crippen LogP contribution in [0.15, 0.2) is 36.4 Å². The highest BCUT2D eigenvalue weighted by atomic mass is 19.2. The average Bonchev–Trinajstić information content (AvgIpc) is 2.43. The van der Waals surface area contributed by atoms with Gasteiger partial charge in [0.2, 0.25) is 0 Å². The molecule has 0 spiro atoms. The van der Waals surface area contributed by atoms with Crippen molar-refractivity contribution in [1.82, 2.24) is 5.32 Å². The largest absolute Gasteiger partial charge is 0.310 e. The summed E-state index contributed by atoms with van der Waals surface area (Å²) >= 11 is 0. The first-order valence-corrected chi connectivity index (χ1v) is 6.51. The Morgan fingerprint density at radius 3 is 2.45 bits per heavy atom. The van der Waals surface area contributed by atoms with Crippen LogP contribution in [-0.4, -0.2) is 6.54 Å². The van der Waals surface area contributed by atoms with Crippen LogP contribution in [0.4, 0.5) is 13.2 Å². The molecule has 0 amide bonds. The molecule has 1 nitrogen and oxygen atoms in total. The third-order valence-electron chi connectivity index (χ3n) is 3.24. The Morgan fingerprint density at radius 2 is 1.75 bits per heavy atom. The van der Waals surface area contributed by atoms with Gasteiger partial charge in [-0.1, -0.05) is 25.1 Å². The van der Waals surface area contributed by atoms with Gasteiger partial charge in [0.1, 0.15) is 5.82 Å². The van der Waals surface area contributed by atoms with Gasteiger partial charge in [0.25, 0.3) is 0 Å². The van der Waals surface area contributed by atoms with Gasteiger partial charge in [-0.15, -0.1) is 0 Å². The summed E-state index contributed by atoms with van der Waals surface area (Å²) in [4.78, 5) is 0. The van der Waals surface area contributed by atoms with Crippen molar-refractivity contribution in [2.45, 2.75) is 19.9 Å². The van der Waals surface area contributed by atoms with Crippen LogP contribution in [-0.2, 0) is 0 Å². The fraction of sp³-hybridized carbons (Fsp3) is 0.250. The third-order valence-corrected chi connectivity index (χ3v) is 3.24. The highest BCUT2D eigenvalue weighted by Gasteiger charge is 2.15. The zero-order valence-corrected chi connectivity index (χ0v) is 11.4. The summed E-state index contributed by atoms with van der Waals surface area (Å²) in [5, 5.41) is 3.20. The van der Waals surface area contributed by atoms with Crippen molar-refractivity contribution in [1.29, 1.82) is 0 Å². The molecule has 0 heterocycles. The Morgan fingerprint density at radius 1 is 1.00 bits per heavy atom. The predicted molar refractivity (Wildman–Crippen MR) is 73.8 cm³/mol. The van der Waals surface area contributed by atoms with Crippen LogP contribution < -0.4 is 5.32 Å². The fourth-order valence-corrected chi connectivity index (χ4v) is 2.15. The van der Waals surface area contributed by atoms with E-state index in [0.29, 0.717) is 0 Å². The summed E-state index contributed by atoms with van der Waals surface area (Å²) in [6.07, 6.45) is 0. The molecule has 0 aliphatic carbocycles. The van der Waals surface area contributed by atoms with Gasteiger partial charge in [-0.25, -0.2) is 13.2 Å². The lowest BCUT2D eigenvalue weighted by Gasteiger charge is -2.15. The van der Waals surface area contributed by atoms with Gasteiger partial charge in [-0.05, 0) is 37.2 Å². The van der Waals surface area contributed by atoms with Crippen molar-refractivity contribution in [2.75, 3.05) is 6.54 Å². The van der Waals surface area contributed by atoms with Crippen LogP contribution in [0, 0.1) is 17.5 Å². The third kappa shape index (κ3) is 2.85. The summed E-state index contributed by atoms with van der Waals surface area (Å²) in [7, 11) is 0. The highest BCUT2D eigenvalue weighted by Crippen LogP contribution is 2.29. The summed E-state index contributed by atoms with van der Waals surface area (Å²) < 4.78 is 41.0. The van der Waals surface area contributed by atoms with E-state index in [1.54, 1.807) is 12.1 Å². The first-order chi connectivity index (χ1) is 9.54. The maximum absolute atomic E-state index is 13.9. The molecule has 0 bridgehead atoms. The van der Waals surface area contributed by atoms with E-state index in [0.717, 1.165) is 18.2 Å². The fourth-order valence-electron chi connectivity index (χ4n) is 2.15. The van der Waals surface area contributed by atoms with E-state index in [1.807, 2.05) is 13.8 Å². The SMILES string of the molecule is CCNC(C)c1ccc(F)c(-c2cccc(F)c2F)c1. The van der Waals surface area contributed by atoms with Gasteiger partial charge in [0, 0.05) is 17.2 Å². The average molecular weight is 279 g/mol. The van der Waals surface area contributed by atoms with Gasteiger partial charge in [-0.2, -0.15) is 0 Å². The van der Waals surface area contributed by atoms with Crippen molar-refractivity contribution in [3.8, 4) is 11.1 Å². The summed E-state index contributed by atoms with van der Waals surface area (Å²) in [6, 6.07) is 8.25. The van der Waals surface area contributed by atoms with E-state index in [4.69, 9.17) is 0 Å². The number of halogens is 3. The van der Waals surface area contributed by atoms with Crippen molar-refractivity contribution in [3.63, 3.8) is 0 Å². The molecular formula is C16H16F3N. The van der Waals surface area contributed by atoms with Gasteiger partial charge in [0.15, 0.2) is 11.6 Å². The standard InChI is InChI=1S/C16H16F3N/c1-3-20-10(2)11-7-8-14(17)13(9-11)12-5-4-6-15(18)16(12)19/h4-10,20H,3H2,1-2H3. The minimum Gasteiger partial charge on any atom is -0.310 e. The van der Waals surface area contributed by atoms with Crippen molar-refractivity contribution in [3.05, 3.63) is 59.4 Å². The Balaban J connectivity index is 2.50. The van der Waals surface area contributed by atoms with E-state index in [9.17, 15) is 13.2 Å². The molecule has 2 aromatic carbocycles. The minimum absolute atomic E-state index is 0.0102. The maximum Gasteiger partial charge on any atom is 0.166 e. The van der Waals surface area contributed by atoms with Crippen LogP contribution in [0.5, 0.6) is 0 Å². The second-order valence-corrected chi connectivity index (χ2v) is 4.62. The Labute approximate surface area is 116 Å². The topological polar surface area (TPSA) is 12.0 Å². The lowest BCUT2D eigenvalue weighted by atomic mass is 9.99. The van der Waals surface area contributed by atoms with Crippen LogP contribution >= 0.6 is 0 Å². The summed E-state index contributed by atoms with van der Waals surface area (Å²) in [6.45, 7) is 4.66. The van der Waals surface area contributed by atoms with E-state index in [2.05, 4.69) is 5.32 Å². The van der Waals surface area contributed by atoms with E-state index in [-0.39, 0.29) is 17.2 Å². The van der Waals surface area contributed by atoms with Gasteiger partial charge in [-0.3, -0.25) is 0 Å². The maximum atomic E-state index is 13.9. The smallest absolute Gasteiger partial charge is 0.166 e. The molecule has 0 saturated heterocycles. The molecule has 20 heavy (non-hydrogen) atoms. The number of nitrogens with one attached hydrogen (secondary N) is 1. The molecule has 4 heteroatoms. The summed E-state index contributed by atoms with van der Waals surface area (Å²) in [5.41, 5.74) is 0.837. The molecule has 1 unspecified atom stereocenters. The lowest BCUT2D eigenvalue weighted by Crippen LogP contribution is -2.17. The molecule has 0 aliphatic rings. The van der Waals surface area contributed by atoms with Gasteiger partial charge in [0.05, 0.1) is 0 Å². The molecule has 1 atom stereocenters. The van der Waals surface area contributed by atoms with Crippen LogP contribution in [0.2, 0.25) is 0 Å². The minimum atomic E-state index is -1.03. The molecule has 2 rings (SSSR count). The van der Waals surface area contributed by atoms with Crippen LogP contribution in [0.1, 0.15) is 25.5 Å². The molecule has 1 N–H and O–H groups in total. The Kier molecular flexibility index (Phi) is 4.45. The molecule has 0 aliphatic heterocycles. The van der Waals surface area contributed by atoms with Crippen molar-refractivity contribution in [2.24, 2.45) is 0 Å². The molecule has 2 aromatic rings. The molecule has 0 radical (unpaired) electrons. The molecular weight excluding hydrogens is 263 g/mol. The Hall–Kier alpha value is -1.81. The highest BCUT2D eigenvalue weighted by molar-refractivity contribution is 5.66. The molecule has 0 saturated carbocycles. The number of hydrogen-bond donors (Lipinski definition) is 1. The predicted octanol–water partition coefficient (Wildman–Crippen LogP) is 4.44. The number of hydrogen-bond acceptors (Lipinski definition) is 1. The van der Waals surface area contributed by atoms with Crippen LogP contribution in [0.3, 0.4) is 0 Å². The lowest BCUT2D eigenvalue weighted by molar-refractivity contribution is 0.510. The quantitative estimate of drug-likeness (QED) is 0.872. The second kappa shape index (κ2) is 6.09. The zero-order valence-electron chi connectivity index (χ0n) is 11.4. The number of rotatable bonds is 4. The normalized spacial score (nSPS) is 12.4. The zero-order chi connectivity index (χ0) is 14.7. The van der Waals surface area contributed by atoms with E-state index >= 15 is 0 Å². The van der Waals surface area contributed by atoms with E-state index in [1.165, 1.54) is 18.2 Å². The summed E-state index contributed by atoms with van der Waals surface area (Å²) in [5.74, 6) is -2.58. The first-order valence-electron chi connectivity index (χ1n) is 6.51.